The summed E-state index contributed by atoms with van der Waals surface area (Å²) in [5, 5.41) is 12.1. The molecule has 1 amide bonds. The highest BCUT2D eigenvalue weighted by molar-refractivity contribution is 7.16. The van der Waals surface area contributed by atoms with Crippen LogP contribution < -0.4 is 10.9 Å². The molecule has 3 rings (SSSR count). The number of hydrogen-bond donors (Lipinski definition) is 2. The summed E-state index contributed by atoms with van der Waals surface area (Å²) in [5.74, 6) is -0.668. The van der Waals surface area contributed by atoms with E-state index in [1.54, 1.807) is 24.4 Å². The molecule has 0 unspecified atom stereocenters. The Balaban J connectivity index is 2.00. The first-order valence-electron chi connectivity index (χ1n) is 6.13. The van der Waals surface area contributed by atoms with E-state index in [0.717, 1.165) is 4.88 Å². The van der Waals surface area contributed by atoms with Crippen molar-refractivity contribution in [1.82, 2.24) is 9.38 Å². The van der Waals surface area contributed by atoms with Gasteiger partial charge in [-0.2, -0.15) is 0 Å². The highest BCUT2D eigenvalue weighted by Gasteiger charge is 2.15. The number of nitrogens with one attached hydrogen (secondary N) is 1. The Bertz CT molecular complexity index is 898. The van der Waals surface area contributed by atoms with Crippen LogP contribution in [0.1, 0.15) is 15.2 Å². The second-order valence-corrected chi connectivity index (χ2v) is 5.66. The first-order chi connectivity index (χ1) is 10.1. The zero-order valence-electron chi connectivity index (χ0n) is 11.0. The van der Waals surface area contributed by atoms with Crippen LogP contribution in [0.4, 0.5) is 5.69 Å². The van der Waals surface area contributed by atoms with Crippen molar-refractivity contribution in [2.75, 3.05) is 5.32 Å². The van der Waals surface area contributed by atoms with Crippen LogP contribution in [0.2, 0.25) is 0 Å². The van der Waals surface area contributed by atoms with Crippen molar-refractivity contribution in [3.8, 4) is 5.75 Å². The highest BCUT2D eigenvalue weighted by atomic mass is 32.1. The van der Waals surface area contributed by atoms with Gasteiger partial charge in [0.2, 0.25) is 0 Å². The molecule has 2 N–H and O–H groups in total. The second-order valence-electron chi connectivity index (χ2n) is 4.44. The average Bonchev–Trinajstić information content (AvgIpc) is 2.83. The summed E-state index contributed by atoms with van der Waals surface area (Å²) in [7, 11) is 0. The maximum atomic E-state index is 12.3. The lowest BCUT2D eigenvalue weighted by Crippen LogP contribution is -2.25. The van der Waals surface area contributed by atoms with E-state index < -0.39 is 11.5 Å². The quantitative estimate of drug-likeness (QED) is 0.709. The molecule has 21 heavy (non-hydrogen) atoms. The third-order valence-electron chi connectivity index (χ3n) is 2.92. The van der Waals surface area contributed by atoms with E-state index in [0.29, 0.717) is 4.96 Å². The summed E-state index contributed by atoms with van der Waals surface area (Å²) in [6.45, 7) is 1.86. The molecule has 0 saturated carbocycles. The molecule has 0 saturated heterocycles. The molecule has 3 aromatic rings. The van der Waals surface area contributed by atoms with Crippen LogP contribution in [0.3, 0.4) is 0 Å². The Morgan fingerprint density at radius 2 is 2.14 bits per heavy atom. The second kappa shape index (κ2) is 5.02. The Morgan fingerprint density at radius 1 is 1.38 bits per heavy atom. The van der Waals surface area contributed by atoms with Gasteiger partial charge in [0, 0.05) is 17.3 Å². The molecule has 0 spiro atoms. The molecule has 0 aliphatic carbocycles. The Labute approximate surface area is 123 Å². The van der Waals surface area contributed by atoms with Crippen LogP contribution in [-0.2, 0) is 0 Å². The number of phenols is 1. The van der Waals surface area contributed by atoms with Crippen molar-refractivity contribution in [2.24, 2.45) is 0 Å². The minimum absolute atomic E-state index is 0.0635. The van der Waals surface area contributed by atoms with Crippen LogP contribution in [0, 0.1) is 6.92 Å². The van der Waals surface area contributed by atoms with Crippen molar-refractivity contribution in [1.29, 1.82) is 0 Å². The molecule has 2 heterocycles. The van der Waals surface area contributed by atoms with E-state index >= 15 is 0 Å². The predicted octanol–water partition coefficient (Wildman–Crippen LogP) is 2.02. The molecule has 106 valence electrons. The highest BCUT2D eigenvalue weighted by Crippen LogP contribution is 2.22. The molecule has 2 aromatic heterocycles. The number of fused-ring (bicyclic) bond motifs is 1. The van der Waals surface area contributed by atoms with Crippen LogP contribution in [0.25, 0.3) is 4.96 Å². The normalized spacial score (nSPS) is 10.7. The fourth-order valence-corrected chi connectivity index (χ4v) is 2.71. The third kappa shape index (κ3) is 2.38. The van der Waals surface area contributed by atoms with E-state index in [9.17, 15) is 14.7 Å². The van der Waals surface area contributed by atoms with Gasteiger partial charge in [-0.1, -0.05) is 12.1 Å². The van der Waals surface area contributed by atoms with E-state index in [1.807, 2.05) is 6.92 Å². The number of nitrogens with zero attached hydrogens (tertiary/aromatic N) is 2. The van der Waals surface area contributed by atoms with Gasteiger partial charge in [-0.3, -0.25) is 14.0 Å². The number of aryl methyl sites for hydroxylation is 1. The van der Waals surface area contributed by atoms with Crippen molar-refractivity contribution >= 4 is 27.9 Å². The molecule has 0 fully saturated rings. The van der Waals surface area contributed by atoms with Gasteiger partial charge in [-0.15, -0.1) is 11.3 Å². The van der Waals surface area contributed by atoms with E-state index in [4.69, 9.17) is 0 Å². The molecule has 0 radical (unpaired) electrons. The molecular weight excluding hydrogens is 290 g/mol. The van der Waals surface area contributed by atoms with Crippen molar-refractivity contribution < 1.29 is 9.90 Å². The van der Waals surface area contributed by atoms with Crippen molar-refractivity contribution in [3.63, 3.8) is 0 Å². The first-order valence-corrected chi connectivity index (χ1v) is 6.95. The SMILES string of the molecule is Cc1cn2c(=O)c(C(=O)Nc3ccccc3O)cnc2s1. The van der Waals surface area contributed by atoms with Gasteiger partial charge in [0.1, 0.15) is 11.3 Å². The lowest BCUT2D eigenvalue weighted by molar-refractivity contribution is 0.102. The average molecular weight is 301 g/mol. The molecular formula is C14H11N3O3S. The molecule has 7 heteroatoms. The fraction of sp³-hybridized carbons (Fsp3) is 0.0714. The number of carbonyl (C=O) groups is 1. The van der Waals surface area contributed by atoms with Crippen LogP contribution in [-0.4, -0.2) is 20.4 Å². The number of carbonyl (C=O) groups excluding carboxylic acids is 1. The summed E-state index contributed by atoms with van der Waals surface area (Å²) in [4.78, 5) is 30.0. The number of phenolic OH excluding ortho intramolecular Hbond substituents is 1. The zero-order valence-corrected chi connectivity index (χ0v) is 11.8. The first kappa shape index (κ1) is 13.3. The Hall–Kier alpha value is -2.67. The molecule has 6 nitrogen and oxygen atoms in total. The Morgan fingerprint density at radius 3 is 2.90 bits per heavy atom. The minimum Gasteiger partial charge on any atom is -0.506 e. The van der Waals surface area contributed by atoms with Gasteiger partial charge in [0.25, 0.3) is 11.5 Å². The maximum absolute atomic E-state index is 12.3. The van der Waals surface area contributed by atoms with Gasteiger partial charge >= 0.3 is 0 Å². The number of rotatable bonds is 2. The number of para-hydroxylation sites is 2. The van der Waals surface area contributed by atoms with Gasteiger partial charge in [-0.05, 0) is 19.1 Å². The van der Waals surface area contributed by atoms with Crippen molar-refractivity contribution in [2.45, 2.75) is 6.92 Å². The van der Waals surface area contributed by atoms with Gasteiger partial charge in [-0.25, -0.2) is 4.98 Å². The standard InChI is InChI=1S/C14H11N3O3S/c1-8-7-17-13(20)9(6-15-14(17)21-8)12(19)16-10-4-2-3-5-11(10)18/h2-7,18H,1H3,(H,16,19). The smallest absolute Gasteiger partial charge is 0.271 e. The van der Waals surface area contributed by atoms with Gasteiger partial charge < -0.3 is 10.4 Å². The third-order valence-corrected chi connectivity index (χ3v) is 3.83. The van der Waals surface area contributed by atoms with Crippen LogP contribution in [0.5, 0.6) is 5.75 Å². The van der Waals surface area contributed by atoms with Crippen LogP contribution >= 0.6 is 11.3 Å². The molecule has 0 atom stereocenters. The predicted molar refractivity (Wildman–Crippen MR) is 80.1 cm³/mol. The van der Waals surface area contributed by atoms with Gasteiger partial charge in [0.15, 0.2) is 4.96 Å². The summed E-state index contributed by atoms with van der Waals surface area (Å²) < 4.78 is 1.35. The number of benzene rings is 1. The summed E-state index contributed by atoms with van der Waals surface area (Å²) in [5.41, 5.74) is -0.265. The summed E-state index contributed by atoms with van der Waals surface area (Å²) in [6.07, 6.45) is 2.90. The molecule has 0 bridgehead atoms. The Kier molecular flexibility index (Phi) is 3.19. The van der Waals surface area contributed by atoms with Crippen LogP contribution in [0.15, 0.2) is 41.5 Å². The molecule has 1 aromatic carbocycles. The number of hydrogen-bond acceptors (Lipinski definition) is 5. The molecule has 0 aliphatic heterocycles. The monoisotopic (exact) mass is 301 g/mol. The largest absolute Gasteiger partial charge is 0.506 e. The van der Waals surface area contributed by atoms with Gasteiger partial charge in [0.05, 0.1) is 5.69 Å². The lowest BCUT2D eigenvalue weighted by atomic mass is 10.2. The topological polar surface area (TPSA) is 83.7 Å². The van der Waals surface area contributed by atoms with E-state index in [-0.39, 0.29) is 17.0 Å². The minimum atomic E-state index is -0.604. The number of thiazole rings is 1. The van der Waals surface area contributed by atoms with E-state index in [2.05, 4.69) is 10.3 Å². The number of aromatic nitrogens is 2. The molecule has 0 aliphatic rings. The fourth-order valence-electron chi connectivity index (χ4n) is 1.92. The van der Waals surface area contributed by atoms with E-state index in [1.165, 1.54) is 28.0 Å². The lowest BCUT2D eigenvalue weighted by Gasteiger charge is -2.06. The zero-order chi connectivity index (χ0) is 15.0. The summed E-state index contributed by atoms with van der Waals surface area (Å²) in [6, 6.07) is 6.31. The number of aromatic hydroxyl groups is 1. The number of amides is 1. The maximum Gasteiger partial charge on any atom is 0.271 e. The van der Waals surface area contributed by atoms with Crippen molar-refractivity contribution in [3.05, 3.63) is 57.5 Å². The summed E-state index contributed by atoms with van der Waals surface area (Å²) >= 11 is 1.37. The number of anilines is 1.